The van der Waals surface area contributed by atoms with Crippen LogP contribution in [0.4, 0.5) is 11.4 Å². The number of nitrogens with zero attached hydrogens (tertiary/aromatic N) is 3. The highest BCUT2D eigenvalue weighted by atomic mass is 16.2. The summed E-state index contributed by atoms with van der Waals surface area (Å²) in [5.41, 5.74) is 2.81. The quantitative estimate of drug-likeness (QED) is 0.633. The second-order valence-electron chi connectivity index (χ2n) is 6.95. The summed E-state index contributed by atoms with van der Waals surface area (Å²) in [6, 6.07) is 20.7. The predicted octanol–water partition coefficient (Wildman–Crippen LogP) is 3.93. The normalized spacial score (nSPS) is 10.6. The number of aromatic nitrogens is 2. The maximum Gasteiger partial charge on any atom is 0.276 e. The minimum absolute atomic E-state index is 0.196. The van der Waals surface area contributed by atoms with Crippen molar-refractivity contribution in [2.45, 2.75) is 32.9 Å². The third kappa shape index (κ3) is 5.31. The van der Waals surface area contributed by atoms with Gasteiger partial charge in [0.25, 0.3) is 11.5 Å². The van der Waals surface area contributed by atoms with Gasteiger partial charge >= 0.3 is 0 Å². The summed E-state index contributed by atoms with van der Waals surface area (Å²) in [6.07, 6.45) is 1.79. The van der Waals surface area contributed by atoms with Gasteiger partial charge in [-0.1, -0.05) is 55.8 Å². The van der Waals surface area contributed by atoms with Gasteiger partial charge in [-0.3, -0.25) is 9.59 Å². The van der Waals surface area contributed by atoms with Crippen molar-refractivity contribution in [1.82, 2.24) is 9.78 Å². The Morgan fingerprint density at radius 1 is 1.03 bits per heavy atom. The standard InChI is InChI=1S/C23H26N4O2/c1-3-4-16-27-22(28)15-14-20(25-27)23(29)24-19-12-8-9-13-21(19)26(2)17-18-10-6-5-7-11-18/h5-15H,3-4,16-17H2,1-2H3,(H,24,29). The molecule has 0 radical (unpaired) electrons. The summed E-state index contributed by atoms with van der Waals surface area (Å²) in [7, 11) is 1.99. The molecule has 0 unspecified atom stereocenters. The topological polar surface area (TPSA) is 67.2 Å². The first kappa shape index (κ1) is 20.3. The Morgan fingerprint density at radius 2 is 1.76 bits per heavy atom. The van der Waals surface area contributed by atoms with Gasteiger partial charge in [-0.15, -0.1) is 0 Å². The van der Waals surface area contributed by atoms with Crippen LogP contribution in [0.1, 0.15) is 35.8 Å². The number of anilines is 2. The molecule has 1 heterocycles. The van der Waals surface area contributed by atoms with Crippen LogP contribution < -0.4 is 15.8 Å². The lowest BCUT2D eigenvalue weighted by Crippen LogP contribution is -2.26. The number of amides is 1. The van der Waals surface area contributed by atoms with E-state index < -0.39 is 0 Å². The van der Waals surface area contributed by atoms with Gasteiger partial charge in [-0.25, -0.2) is 4.68 Å². The Kier molecular flexibility index (Phi) is 6.79. The van der Waals surface area contributed by atoms with E-state index in [0.717, 1.165) is 18.5 Å². The molecule has 1 N–H and O–H groups in total. The summed E-state index contributed by atoms with van der Waals surface area (Å²) < 4.78 is 1.35. The van der Waals surface area contributed by atoms with E-state index in [4.69, 9.17) is 0 Å². The Bertz CT molecular complexity index is 1010. The summed E-state index contributed by atoms with van der Waals surface area (Å²) in [6.45, 7) is 3.27. The molecule has 1 amide bonds. The maximum atomic E-state index is 12.8. The summed E-state index contributed by atoms with van der Waals surface area (Å²) in [5.74, 6) is -0.337. The molecule has 150 valence electrons. The Hall–Kier alpha value is -3.41. The van der Waals surface area contributed by atoms with Crippen molar-refractivity contribution in [3.05, 3.63) is 88.3 Å². The zero-order valence-electron chi connectivity index (χ0n) is 16.8. The number of benzene rings is 2. The monoisotopic (exact) mass is 390 g/mol. The molecule has 3 aromatic rings. The maximum absolute atomic E-state index is 12.8. The number of unbranched alkanes of at least 4 members (excludes halogenated alkanes) is 1. The SMILES string of the molecule is CCCCn1nc(C(=O)Nc2ccccc2N(C)Cc2ccccc2)ccc1=O. The van der Waals surface area contributed by atoms with Crippen LogP contribution >= 0.6 is 0 Å². The first-order chi connectivity index (χ1) is 14.1. The van der Waals surface area contributed by atoms with Crippen LogP contribution in [-0.4, -0.2) is 22.7 Å². The van der Waals surface area contributed by atoms with Crippen molar-refractivity contribution in [2.75, 3.05) is 17.3 Å². The Balaban J connectivity index is 1.78. The fourth-order valence-electron chi connectivity index (χ4n) is 3.08. The summed E-state index contributed by atoms with van der Waals surface area (Å²) >= 11 is 0. The lowest BCUT2D eigenvalue weighted by molar-refractivity contribution is 0.102. The molecule has 6 heteroatoms. The Morgan fingerprint density at radius 3 is 2.52 bits per heavy atom. The van der Waals surface area contributed by atoms with Gasteiger partial charge in [0.15, 0.2) is 0 Å². The molecule has 6 nitrogen and oxygen atoms in total. The second kappa shape index (κ2) is 9.68. The van der Waals surface area contributed by atoms with Crippen LogP contribution in [0.2, 0.25) is 0 Å². The van der Waals surface area contributed by atoms with Gasteiger partial charge in [0.1, 0.15) is 5.69 Å². The molecule has 0 fully saturated rings. The number of para-hydroxylation sites is 2. The third-order valence-corrected chi connectivity index (χ3v) is 4.65. The summed E-state index contributed by atoms with van der Waals surface area (Å²) in [4.78, 5) is 26.8. The van der Waals surface area contributed by atoms with E-state index in [9.17, 15) is 9.59 Å². The van der Waals surface area contributed by atoms with Crippen molar-refractivity contribution < 1.29 is 4.79 Å². The fourth-order valence-corrected chi connectivity index (χ4v) is 3.08. The number of nitrogens with one attached hydrogen (secondary N) is 1. The van der Waals surface area contributed by atoms with Crippen LogP contribution in [0.3, 0.4) is 0 Å². The molecule has 1 aromatic heterocycles. The Labute approximate surface area is 170 Å². The molecule has 0 spiro atoms. The lowest BCUT2D eigenvalue weighted by atomic mass is 10.2. The highest BCUT2D eigenvalue weighted by Gasteiger charge is 2.14. The van der Waals surface area contributed by atoms with Gasteiger partial charge in [0.05, 0.1) is 11.4 Å². The van der Waals surface area contributed by atoms with Gasteiger partial charge in [-0.2, -0.15) is 5.10 Å². The molecule has 0 bridgehead atoms. The van der Waals surface area contributed by atoms with Crippen molar-refractivity contribution in [1.29, 1.82) is 0 Å². The largest absolute Gasteiger partial charge is 0.369 e. The average molecular weight is 390 g/mol. The molecule has 0 saturated heterocycles. The molecule has 0 aliphatic heterocycles. The third-order valence-electron chi connectivity index (χ3n) is 4.65. The number of hydrogen-bond donors (Lipinski definition) is 1. The first-order valence-electron chi connectivity index (χ1n) is 9.82. The predicted molar refractivity (Wildman–Crippen MR) is 116 cm³/mol. The zero-order chi connectivity index (χ0) is 20.6. The van der Waals surface area contributed by atoms with E-state index in [1.165, 1.54) is 22.4 Å². The number of carbonyl (C=O) groups is 1. The fraction of sp³-hybridized carbons (Fsp3) is 0.261. The van der Waals surface area contributed by atoms with E-state index in [-0.39, 0.29) is 17.2 Å². The number of rotatable bonds is 8. The van der Waals surface area contributed by atoms with Crippen LogP contribution in [0.25, 0.3) is 0 Å². The van der Waals surface area contributed by atoms with Crippen molar-refractivity contribution in [3.63, 3.8) is 0 Å². The van der Waals surface area contributed by atoms with E-state index in [1.807, 2.05) is 56.4 Å². The smallest absolute Gasteiger partial charge is 0.276 e. The van der Waals surface area contributed by atoms with Gasteiger partial charge in [-0.05, 0) is 30.2 Å². The van der Waals surface area contributed by atoms with Gasteiger partial charge in [0.2, 0.25) is 0 Å². The highest BCUT2D eigenvalue weighted by molar-refractivity contribution is 6.04. The van der Waals surface area contributed by atoms with E-state index in [2.05, 4.69) is 27.4 Å². The van der Waals surface area contributed by atoms with Crippen LogP contribution in [0.5, 0.6) is 0 Å². The van der Waals surface area contributed by atoms with E-state index in [0.29, 0.717) is 18.8 Å². The van der Waals surface area contributed by atoms with Gasteiger partial charge < -0.3 is 10.2 Å². The van der Waals surface area contributed by atoms with Crippen LogP contribution in [-0.2, 0) is 13.1 Å². The highest BCUT2D eigenvalue weighted by Crippen LogP contribution is 2.26. The first-order valence-corrected chi connectivity index (χ1v) is 9.82. The number of hydrogen-bond acceptors (Lipinski definition) is 4. The molecule has 0 aliphatic carbocycles. The van der Waals surface area contributed by atoms with Crippen LogP contribution in [0, 0.1) is 0 Å². The molecule has 3 rings (SSSR count). The molecule has 0 aliphatic rings. The van der Waals surface area contributed by atoms with Crippen LogP contribution in [0.15, 0.2) is 71.5 Å². The summed E-state index contributed by atoms with van der Waals surface area (Å²) in [5, 5.41) is 7.16. The minimum atomic E-state index is -0.337. The average Bonchev–Trinajstić information content (AvgIpc) is 2.74. The van der Waals surface area contributed by atoms with Gasteiger partial charge in [0, 0.05) is 26.2 Å². The second-order valence-corrected chi connectivity index (χ2v) is 6.95. The zero-order valence-corrected chi connectivity index (χ0v) is 16.8. The molecule has 2 aromatic carbocycles. The van der Waals surface area contributed by atoms with Crippen molar-refractivity contribution in [3.8, 4) is 0 Å². The van der Waals surface area contributed by atoms with E-state index >= 15 is 0 Å². The molecular formula is C23H26N4O2. The molecule has 0 atom stereocenters. The van der Waals surface area contributed by atoms with E-state index in [1.54, 1.807) is 0 Å². The molecule has 0 saturated carbocycles. The van der Waals surface area contributed by atoms with Crippen molar-refractivity contribution >= 4 is 17.3 Å². The molecule has 29 heavy (non-hydrogen) atoms. The minimum Gasteiger partial charge on any atom is -0.369 e. The molecular weight excluding hydrogens is 364 g/mol. The number of carbonyl (C=O) groups excluding carboxylic acids is 1. The lowest BCUT2D eigenvalue weighted by Gasteiger charge is -2.22. The number of aryl methyl sites for hydroxylation is 1. The van der Waals surface area contributed by atoms with Crippen molar-refractivity contribution in [2.24, 2.45) is 0 Å².